The van der Waals surface area contributed by atoms with Crippen LogP contribution in [0.3, 0.4) is 0 Å². The summed E-state index contributed by atoms with van der Waals surface area (Å²) in [7, 11) is 1.38. The molecule has 5 heteroatoms. The Morgan fingerprint density at radius 3 is 2.42 bits per heavy atom. The Hall–Kier alpha value is -1.55. The van der Waals surface area contributed by atoms with E-state index < -0.39 is 5.54 Å². The highest BCUT2D eigenvalue weighted by molar-refractivity contribution is 6.30. The number of hydrogen-bond acceptors (Lipinski definition) is 3. The second kappa shape index (κ2) is 7.56. The van der Waals surface area contributed by atoms with Gasteiger partial charge in [0.15, 0.2) is 0 Å². The van der Waals surface area contributed by atoms with E-state index in [1.165, 1.54) is 7.11 Å². The van der Waals surface area contributed by atoms with E-state index in [0.717, 1.165) is 12.0 Å². The zero-order valence-corrected chi connectivity index (χ0v) is 15.5. The summed E-state index contributed by atoms with van der Waals surface area (Å²) in [6.45, 7) is 6.14. The highest BCUT2D eigenvalue weighted by atomic mass is 35.5. The van der Waals surface area contributed by atoms with Gasteiger partial charge in [-0.2, -0.15) is 0 Å². The van der Waals surface area contributed by atoms with E-state index in [4.69, 9.17) is 16.3 Å². The molecule has 0 saturated heterocycles. The number of esters is 1. The maximum Gasteiger partial charge on any atom is 0.331 e. The average Bonchev–Trinajstić information content (AvgIpc) is 2.57. The van der Waals surface area contributed by atoms with Gasteiger partial charge in [0.2, 0.25) is 5.91 Å². The van der Waals surface area contributed by atoms with Crippen LogP contribution in [0.25, 0.3) is 0 Å². The molecule has 0 spiro atoms. The predicted octanol–water partition coefficient (Wildman–Crippen LogP) is 3.93. The second-order valence-electron chi connectivity index (χ2n) is 7.03. The van der Waals surface area contributed by atoms with Crippen LogP contribution in [-0.4, -0.2) is 24.5 Å². The highest BCUT2D eigenvalue weighted by Gasteiger charge is 2.46. The van der Waals surface area contributed by atoms with Crippen molar-refractivity contribution in [3.8, 4) is 0 Å². The van der Waals surface area contributed by atoms with Crippen molar-refractivity contribution in [2.24, 2.45) is 11.8 Å². The highest BCUT2D eigenvalue weighted by Crippen LogP contribution is 2.37. The van der Waals surface area contributed by atoms with Crippen molar-refractivity contribution in [2.75, 3.05) is 7.11 Å². The number of amides is 1. The fraction of sp³-hybridized carbons (Fsp3) is 0.579. The Balaban J connectivity index is 2.18. The molecule has 1 saturated carbocycles. The maximum atomic E-state index is 12.8. The van der Waals surface area contributed by atoms with E-state index >= 15 is 0 Å². The fourth-order valence-corrected chi connectivity index (χ4v) is 3.53. The molecule has 4 nitrogen and oxygen atoms in total. The molecule has 0 aliphatic heterocycles. The third kappa shape index (κ3) is 3.92. The number of halogens is 1. The lowest BCUT2D eigenvalue weighted by Gasteiger charge is -2.41. The summed E-state index contributed by atoms with van der Waals surface area (Å²) in [4.78, 5) is 25.2. The molecule has 0 heterocycles. The van der Waals surface area contributed by atoms with Crippen LogP contribution in [0.15, 0.2) is 24.3 Å². The minimum atomic E-state index is -0.918. The minimum absolute atomic E-state index is 0.163. The number of hydrogen-bond donors (Lipinski definition) is 1. The van der Waals surface area contributed by atoms with Crippen LogP contribution in [0, 0.1) is 11.8 Å². The summed E-state index contributed by atoms with van der Waals surface area (Å²) in [6, 6.07) is 7.20. The molecule has 4 atom stereocenters. The van der Waals surface area contributed by atoms with Gasteiger partial charge < -0.3 is 10.1 Å². The van der Waals surface area contributed by atoms with Gasteiger partial charge in [0.25, 0.3) is 0 Å². The summed E-state index contributed by atoms with van der Waals surface area (Å²) in [5, 5.41) is 3.63. The SMILES string of the molecule is COC(=O)C1(NC(=O)C(C)c2ccc(Cl)cc2)CCC(C)C(C)C1. The summed E-state index contributed by atoms with van der Waals surface area (Å²) < 4.78 is 5.01. The van der Waals surface area contributed by atoms with Crippen LogP contribution in [0.2, 0.25) is 5.02 Å². The van der Waals surface area contributed by atoms with Gasteiger partial charge in [-0.15, -0.1) is 0 Å². The van der Waals surface area contributed by atoms with Crippen molar-refractivity contribution >= 4 is 23.5 Å². The third-order valence-electron chi connectivity index (χ3n) is 5.37. The lowest BCUT2D eigenvalue weighted by Crippen LogP contribution is -2.59. The van der Waals surface area contributed by atoms with Crippen molar-refractivity contribution in [1.29, 1.82) is 0 Å². The Kier molecular flexibility index (Phi) is 5.92. The third-order valence-corrected chi connectivity index (χ3v) is 5.62. The van der Waals surface area contributed by atoms with Gasteiger partial charge >= 0.3 is 5.97 Å². The van der Waals surface area contributed by atoms with Crippen molar-refractivity contribution in [3.63, 3.8) is 0 Å². The number of ether oxygens (including phenoxy) is 1. The van der Waals surface area contributed by atoms with Gasteiger partial charge in [0, 0.05) is 5.02 Å². The van der Waals surface area contributed by atoms with E-state index in [-0.39, 0.29) is 17.8 Å². The van der Waals surface area contributed by atoms with Crippen molar-refractivity contribution in [3.05, 3.63) is 34.9 Å². The average molecular weight is 352 g/mol. The molecule has 132 valence electrons. The minimum Gasteiger partial charge on any atom is -0.467 e. The monoisotopic (exact) mass is 351 g/mol. The molecule has 1 aromatic carbocycles. The van der Waals surface area contributed by atoms with Crippen LogP contribution in [0.5, 0.6) is 0 Å². The standard InChI is InChI=1S/C19H26ClNO3/c1-12-9-10-19(11-13(12)2,18(23)24-4)21-17(22)14(3)15-5-7-16(20)8-6-15/h5-8,12-14H,9-11H2,1-4H3,(H,21,22). The van der Waals surface area contributed by atoms with Crippen LogP contribution in [0.1, 0.15) is 51.5 Å². The van der Waals surface area contributed by atoms with Crippen molar-refractivity contribution < 1.29 is 14.3 Å². The van der Waals surface area contributed by atoms with Crippen LogP contribution < -0.4 is 5.32 Å². The lowest BCUT2D eigenvalue weighted by molar-refractivity contribution is -0.154. The molecule has 1 aliphatic rings. The number of nitrogens with one attached hydrogen (secondary N) is 1. The maximum absolute atomic E-state index is 12.8. The molecule has 2 rings (SSSR count). The van der Waals surface area contributed by atoms with Gasteiger partial charge in [-0.25, -0.2) is 4.79 Å². The Morgan fingerprint density at radius 2 is 1.88 bits per heavy atom. The molecule has 1 amide bonds. The van der Waals surface area contributed by atoms with E-state index in [9.17, 15) is 9.59 Å². The molecule has 1 aliphatic carbocycles. The first kappa shape index (κ1) is 18.8. The topological polar surface area (TPSA) is 55.4 Å². The van der Waals surface area contributed by atoms with E-state index in [1.807, 2.05) is 19.1 Å². The number of methoxy groups -OCH3 is 1. The molecule has 0 aromatic heterocycles. The van der Waals surface area contributed by atoms with E-state index in [1.54, 1.807) is 12.1 Å². The van der Waals surface area contributed by atoms with Gasteiger partial charge in [-0.3, -0.25) is 4.79 Å². The fourth-order valence-electron chi connectivity index (χ4n) is 3.40. The van der Waals surface area contributed by atoms with Crippen molar-refractivity contribution in [2.45, 2.75) is 51.5 Å². The zero-order valence-electron chi connectivity index (χ0n) is 14.8. The van der Waals surface area contributed by atoms with Crippen LogP contribution in [0.4, 0.5) is 0 Å². The molecule has 0 bridgehead atoms. The normalized spacial score (nSPS) is 28.0. The molecule has 1 aromatic rings. The summed E-state index contributed by atoms with van der Waals surface area (Å²) >= 11 is 5.90. The lowest BCUT2D eigenvalue weighted by atomic mass is 9.71. The smallest absolute Gasteiger partial charge is 0.331 e. The molecule has 0 radical (unpaired) electrons. The largest absolute Gasteiger partial charge is 0.467 e. The number of rotatable bonds is 4. The molecule has 1 fully saturated rings. The summed E-state index contributed by atoms with van der Waals surface area (Å²) in [5.41, 5.74) is -0.0486. The summed E-state index contributed by atoms with van der Waals surface area (Å²) in [5.74, 6) is 0.0122. The molecular formula is C19H26ClNO3. The first-order chi connectivity index (χ1) is 11.3. The van der Waals surface area contributed by atoms with Crippen LogP contribution in [-0.2, 0) is 14.3 Å². The molecule has 1 N–H and O–H groups in total. The number of carbonyl (C=O) groups excluding carboxylic acids is 2. The summed E-state index contributed by atoms with van der Waals surface area (Å²) in [6.07, 6.45) is 2.12. The first-order valence-corrected chi connectivity index (χ1v) is 8.83. The van der Waals surface area contributed by atoms with Crippen molar-refractivity contribution in [1.82, 2.24) is 5.32 Å². The van der Waals surface area contributed by atoms with Gasteiger partial charge in [-0.05, 0) is 55.7 Å². The molecule has 24 heavy (non-hydrogen) atoms. The van der Waals surface area contributed by atoms with Gasteiger partial charge in [0.1, 0.15) is 5.54 Å². The zero-order chi connectivity index (χ0) is 17.9. The second-order valence-corrected chi connectivity index (χ2v) is 7.47. The van der Waals surface area contributed by atoms with Crippen LogP contribution >= 0.6 is 11.6 Å². The molecular weight excluding hydrogens is 326 g/mol. The predicted molar refractivity (Wildman–Crippen MR) is 94.9 cm³/mol. The Morgan fingerprint density at radius 1 is 1.25 bits per heavy atom. The number of carbonyl (C=O) groups is 2. The van der Waals surface area contributed by atoms with E-state index in [0.29, 0.717) is 29.7 Å². The van der Waals surface area contributed by atoms with Gasteiger partial charge in [-0.1, -0.05) is 37.6 Å². The van der Waals surface area contributed by atoms with Gasteiger partial charge in [0.05, 0.1) is 13.0 Å². The quantitative estimate of drug-likeness (QED) is 0.836. The molecule has 4 unspecified atom stereocenters. The Bertz CT molecular complexity index is 601. The van der Waals surface area contributed by atoms with E-state index in [2.05, 4.69) is 19.2 Å². The number of benzene rings is 1. The Labute approximate surface area is 148 Å². The first-order valence-electron chi connectivity index (χ1n) is 8.45.